The fourth-order valence-electron chi connectivity index (χ4n) is 3.80. The molecule has 1 aliphatic carbocycles. The molecule has 0 unspecified atom stereocenters. The Labute approximate surface area is 160 Å². The molecule has 0 radical (unpaired) electrons. The molecule has 2 aliphatic rings. The highest BCUT2D eigenvalue weighted by Gasteiger charge is 2.44. The number of aliphatic imine (C=N–C) groups is 2. The van der Waals surface area contributed by atoms with Gasteiger partial charge in [-0.15, -0.1) is 0 Å². The summed E-state index contributed by atoms with van der Waals surface area (Å²) in [4.78, 5) is 10.6. The number of nitrogens with zero attached hydrogens (tertiary/aromatic N) is 3. The van der Waals surface area contributed by atoms with E-state index in [1.54, 1.807) is 49.9 Å². The Morgan fingerprint density at radius 3 is 2.37 bits per heavy atom. The fourth-order valence-corrected chi connectivity index (χ4v) is 5.41. The van der Waals surface area contributed by atoms with E-state index in [0.29, 0.717) is 5.69 Å². The molecule has 1 aromatic rings. The predicted octanol–water partition coefficient (Wildman–Crippen LogP) is 1.87. The zero-order valence-corrected chi connectivity index (χ0v) is 16.9. The highest BCUT2D eigenvalue weighted by Crippen LogP contribution is 2.41. The molecule has 9 heteroatoms. The average Bonchev–Trinajstić information content (AvgIpc) is 2.53. The van der Waals surface area contributed by atoms with Crippen molar-refractivity contribution in [3.63, 3.8) is 0 Å². The third-order valence-corrected chi connectivity index (χ3v) is 6.49. The van der Waals surface area contributed by atoms with E-state index < -0.39 is 21.2 Å². The van der Waals surface area contributed by atoms with E-state index in [1.807, 2.05) is 0 Å². The average molecular weight is 393 g/mol. The zero-order chi connectivity index (χ0) is 19.9. The molecule has 1 saturated carbocycles. The Hall–Kier alpha value is -2.13. The van der Waals surface area contributed by atoms with Crippen LogP contribution in [0.3, 0.4) is 0 Å². The van der Waals surface area contributed by atoms with Gasteiger partial charge in [0.2, 0.25) is 21.9 Å². The lowest BCUT2D eigenvalue weighted by atomic mass is 9.87. The standard InChI is InChI=1S/C18H28N6O2S/c1-17(2,3)23-27(25,26)14-10-6-5-9-13(14)24-16(20)21-15(19)22-18(24)11-7-4-8-12-18/h5-6,9-10,23H,4,7-8,11-12H2,1-3H3,(H4,19,20,21,22). The zero-order valence-electron chi connectivity index (χ0n) is 16.1. The summed E-state index contributed by atoms with van der Waals surface area (Å²) in [5, 5.41) is 0. The van der Waals surface area contributed by atoms with Gasteiger partial charge >= 0.3 is 0 Å². The van der Waals surface area contributed by atoms with Gasteiger partial charge in [0.05, 0.1) is 5.69 Å². The minimum atomic E-state index is -3.77. The number of nitrogens with two attached hydrogens (primary N) is 2. The van der Waals surface area contributed by atoms with E-state index in [0.717, 1.165) is 32.1 Å². The van der Waals surface area contributed by atoms with Crippen LogP contribution in [0, 0.1) is 0 Å². The van der Waals surface area contributed by atoms with Crippen molar-refractivity contribution >= 4 is 27.6 Å². The van der Waals surface area contributed by atoms with Crippen molar-refractivity contribution in [2.75, 3.05) is 4.90 Å². The van der Waals surface area contributed by atoms with Crippen molar-refractivity contribution in [3.8, 4) is 0 Å². The topological polar surface area (TPSA) is 126 Å². The molecule has 0 bridgehead atoms. The molecule has 148 valence electrons. The monoisotopic (exact) mass is 392 g/mol. The molecule has 1 fully saturated rings. The fraction of sp³-hybridized carbons (Fsp3) is 0.556. The largest absolute Gasteiger partial charge is 0.369 e. The van der Waals surface area contributed by atoms with Crippen LogP contribution in [0.5, 0.6) is 0 Å². The molecular formula is C18H28N6O2S. The van der Waals surface area contributed by atoms with E-state index in [-0.39, 0.29) is 16.8 Å². The molecule has 8 nitrogen and oxygen atoms in total. The second kappa shape index (κ2) is 6.79. The van der Waals surface area contributed by atoms with E-state index >= 15 is 0 Å². The predicted molar refractivity (Wildman–Crippen MR) is 108 cm³/mol. The Bertz CT molecular complexity index is 879. The SMILES string of the molecule is CC(C)(C)NS(=O)(=O)c1ccccc1N1C(N)=NC(N)=NC12CCCCC2. The van der Waals surface area contributed by atoms with Gasteiger partial charge in [-0.25, -0.2) is 18.1 Å². The number of sulfonamides is 1. The third-order valence-electron chi connectivity index (χ3n) is 4.69. The molecule has 1 aliphatic heterocycles. The first-order chi connectivity index (χ1) is 12.5. The minimum Gasteiger partial charge on any atom is -0.369 e. The molecule has 0 atom stereocenters. The molecule has 5 N–H and O–H groups in total. The Morgan fingerprint density at radius 2 is 1.74 bits per heavy atom. The summed E-state index contributed by atoms with van der Waals surface area (Å²) >= 11 is 0. The highest BCUT2D eigenvalue weighted by atomic mass is 32.2. The summed E-state index contributed by atoms with van der Waals surface area (Å²) in [6.07, 6.45) is 4.52. The maximum Gasteiger partial charge on any atom is 0.243 e. The summed E-state index contributed by atoms with van der Waals surface area (Å²) in [5.41, 5.74) is 11.3. The lowest BCUT2D eigenvalue weighted by Crippen LogP contribution is -2.58. The Balaban J connectivity index is 2.14. The van der Waals surface area contributed by atoms with Gasteiger partial charge in [0, 0.05) is 5.54 Å². The van der Waals surface area contributed by atoms with Crippen LogP contribution < -0.4 is 21.1 Å². The summed E-state index contributed by atoms with van der Waals surface area (Å²) in [5.74, 6) is 0.307. The van der Waals surface area contributed by atoms with E-state index in [4.69, 9.17) is 11.5 Å². The third kappa shape index (κ3) is 3.93. The van der Waals surface area contributed by atoms with Gasteiger partial charge in [0.15, 0.2) is 0 Å². The smallest absolute Gasteiger partial charge is 0.243 e. The molecule has 3 rings (SSSR count). The molecule has 1 spiro atoms. The Morgan fingerprint density at radius 1 is 1.11 bits per heavy atom. The van der Waals surface area contributed by atoms with Crippen LogP contribution in [-0.2, 0) is 10.0 Å². The van der Waals surface area contributed by atoms with Gasteiger partial charge in [-0.2, -0.15) is 4.99 Å². The van der Waals surface area contributed by atoms with Crippen LogP contribution >= 0.6 is 0 Å². The van der Waals surface area contributed by atoms with Gasteiger partial charge in [0.25, 0.3) is 0 Å². The van der Waals surface area contributed by atoms with Gasteiger partial charge in [-0.05, 0) is 58.6 Å². The molecule has 1 heterocycles. The maximum absolute atomic E-state index is 13.1. The normalized spacial score (nSPS) is 20.3. The molecule has 0 aromatic heterocycles. The van der Waals surface area contributed by atoms with Crippen LogP contribution in [-0.4, -0.2) is 31.5 Å². The number of hydrogen-bond donors (Lipinski definition) is 3. The minimum absolute atomic E-state index is 0.138. The van der Waals surface area contributed by atoms with E-state index in [2.05, 4.69) is 14.7 Å². The van der Waals surface area contributed by atoms with Crippen molar-refractivity contribution < 1.29 is 8.42 Å². The summed E-state index contributed by atoms with van der Waals surface area (Å²) < 4.78 is 28.9. The van der Waals surface area contributed by atoms with Crippen LogP contribution in [0.1, 0.15) is 52.9 Å². The van der Waals surface area contributed by atoms with Crippen molar-refractivity contribution in [2.24, 2.45) is 21.5 Å². The summed E-state index contributed by atoms with van der Waals surface area (Å²) in [6.45, 7) is 5.41. The lowest BCUT2D eigenvalue weighted by Gasteiger charge is -2.46. The first-order valence-electron chi connectivity index (χ1n) is 9.17. The number of benzene rings is 1. The molecule has 0 amide bonds. The lowest BCUT2D eigenvalue weighted by molar-refractivity contribution is 0.304. The van der Waals surface area contributed by atoms with Gasteiger partial charge < -0.3 is 11.5 Å². The van der Waals surface area contributed by atoms with Crippen molar-refractivity contribution in [1.29, 1.82) is 0 Å². The number of nitrogens with one attached hydrogen (secondary N) is 1. The van der Waals surface area contributed by atoms with Crippen molar-refractivity contribution in [3.05, 3.63) is 24.3 Å². The number of para-hydroxylation sites is 1. The Kier molecular flexibility index (Phi) is 4.94. The summed E-state index contributed by atoms with van der Waals surface area (Å²) in [6, 6.07) is 6.81. The number of rotatable bonds is 3. The first kappa shape index (κ1) is 19.6. The first-order valence-corrected chi connectivity index (χ1v) is 10.7. The number of guanidine groups is 2. The van der Waals surface area contributed by atoms with Gasteiger partial charge in [-0.1, -0.05) is 18.6 Å². The van der Waals surface area contributed by atoms with Crippen LogP contribution in [0.25, 0.3) is 0 Å². The van der Waals surface area contributed by atoms with Crippen molar-refractivity contribution in [1.82, 2.24) is 4.72 Å². The van der Waals surface area contributed by atoms with Crippen LogP contribution in [0.2, 0.25) is 0 Å². The van der Waals surface area contributed by atoms with Gasteiger partial charge in [-0.3, -0.25) is 4.90 Å². The molecule has 1 aromatic carbocycles. The van der Waals surface area contributed by atoms with E-state index in [9.17, 15) is 8.42 Å². The second-order valence-corrected chi connectivity index (χ2v) is 9.79. The highest BCUT2D eigenvalue weighted by molar-refractivity contribution is 7.89. The number of hydrogen-bond acceptors (Lipinski definition) is 7. The maximum atomic E-state index is 13.1. The summed E-state index contributed by atoms with van der Waals surface area (Å²) in [7, 11) is -3.77. The second-order valence-electron chi connectivity index (χ2n) is 8.14. The molecular weight excluding hydrogens is 364 g/mol. The van der Waals surface area contributed by atoms with E-state index in [1.165, 1.54) is 0 Å². The van der Waals surface area contributed by atoms with Gasteiger partial charge in [0.1, 0.15) is 10.6 Å². The number of anilines is 1. The molecule has 27 heavy (non-hydrogen) atoms. The van der Waals surface area contributed by atoms with Crippen LogP contribution in [0.4, 0.5) is 5.69 Å². The van der Waals surface area contributed by atoms with Crippen molar-refractivity contribution in [2.45, 2.75) is 69.0 Å². The van der Waals surface area contributed by atoms with Crippen LogP contribution in [0.15, 0.2) is 39.1 Å². The quantitative estimate of drug-likeness (QED) is 0.724. The molecule has 0 saturated heterocycles.